The van der Waals surface area contributed by atoms with E-state index in [2.05, 4.69) is 43.1 Å². The zero-order valence-electron chi connectivity index (χ0n) is 12.2. The van der Waals surface area contributed by atoms with Gasteiger partial charge in [0.15, 0.2) is 0 Å². The van der Waals surface area contributed by atoms with Crippen LogP contribution in [0.25, 0.3) is 22.6 Å². The first-order chi connectivity index (χ1) is 11.4. The van der Waals surface area contributed by atoms with Crippen LogP contribution in [0.5, 0.6) is 0 Å². The maximum Gasteiger partial charge on any atom is 0.204 e. The number of hydrogen-bond acceptors (Lipinski definition) is 5. The summed E-state index contributed by atoms with van der Waals surface area (Å²) < 4.78 is 1.83. The first-order valence-electron chi connectivity index (χ1n) is 7.17. The third-order valence-corrected chi connectivity index (χ3v) is 3.49. The minimum atomic E-state index is 0.559. The van der Waals surface area contributed by atoms with E-state index in [1.54, 1.807) is 0 Å². The number of nitrogens with one attached hydrogen (secondary N) is 1. The molecule has 0 amide bonds. The van der Waals surface area contributed by atoms with Gasteiger partial charge in [0.1, 0.15) is 5.69 Å². The second-order valence-electron chi connectivity index (χ2n) is 5.10. The van der Waals surface area contributed by atoms with E-state index >= 15 is 0 Å². The highest BCUT2D eigenvalue weighted by Crippen LogP contribution is 2.22. The van der Waals surface area contributed by atoms with Gasteiger partial charge in [0.25, 0.3) is 0 Å². The van der Waals surface area contributed by atoms with Gasteiger partial charge < -0.3 is 0 Å². The fourth-order valence-electron chi connectivity index (χ4n) is 2.38. The van der Waals surface area contributed by atoms with Gasteiger partial charge in [-0.05, 0) is 16.8 Å². The predicted molar refractivity (Wildman–Crippen MR) is 84.2 cm³/mol. The van der Waals surface area contributed by atoms with Gasteiger partial charge in [0.05, 0.1) is 12.7 Å². The Morgan fingerprint density at radius 1 is 0.913 bits per heavy atom. The first-order valence-corrected chi connectivity index (χ1v) is 7.17. The number of aromatic nitrogens is 7. The lowest BCUT2D eigenvalue weighted by atomic mass is 10.1. The largest absolute Gasteiger partial charge is 0.247 e. The molecule has 7 heteroatoms. The zero-order chi connectivity index (χ0) is 15.5. The molecule has 0 aliphatic heterocycles. The number of H-pyrrole nitrogens is 1. The molecular weight excluding hydrogens is 290 g/mol. The molecule has 0 bridgehead atoms. The van der Waals surface area contributed by atoms with Crippen molar-refractivity contribution in [3.8, 4) is 22.6 Å². The lowest BCUT2D eigenvalue weighted by molar-refractivity contribution is 0.650. The Balaban J connectivity index is 1.61. The molecule has 23 heavy (non-hydrogen) atoms. The van der Waals surface area contributed by atoms with Crippen LogP contribution >= 0.6 is 0 Å². The molecule has 0 atom stereocenters. The molecule has 0 radical (unpaired) electrons. The molecule has 0 spiro atoms. The van der Waals surface area contributed by atoms with E-state index in [-0.39, 0.29) is 0 Å². The summed E-state index contributed by atoms with van der Waals surface area (Å²) in [7, 11) is 0. The van der Waals surface area contributed by atoms with E-state index in [1.807, 2.05) is 53.3 Å². The van der Waals surface area contributed by atoms with Crippen LogP contribution in [0.15, 0.2) is 60.8 Å². The summed E-state index contributed by atoms with van der Waals surface area (Å²) in [4.78, 5) is 0. The lowest BCUT2D eigenvalue weighted by Crippen LogP contribution is -1.99. The van der Waals surface area contributed by atoms with Crippen molar-refractivity contribution in [3.63, 3.8) is 0 Å². The molecule has 1 N–H and O–H groups in total. The number of tetrazole rings is 1. The second kappa shape index (κ2) is 5.80. The fraction of sp³-hybridized carbons (Fsp3) is 0.0625. The molecule has 112 valence electrons. The average molecular weight is 303 g/mol. The van der Waals surface area contributed by atoms with Crippen molar-refractivity contribution in [2.24, 2.45) is 0 Å². The molecule has 0 aliphatic rings. The Hall–Kier alpha value is -3.35. The number of hydrogen-bond donors (Lipinski definition) is 1. The average Bonchev–Trinajstić information content (AvgIpc) is 3.28. The molecule has 2 aromatic heterocycles. The normalized spacial score (nSPS) is 10.8. The number of rotatable bonds is 4. The van der Waals surface area contributed by atoms with Crippen LogP contribution in [-0.2, 0) is 6.54 Å². The van der Waals surface area contributed by atoms with Gasteiger partial charge >= 0.3 is 0 Å². The van der Waals surface area contributed by atoms with Crippen molar-refractivity contribution in [2.75, 3.05) is 0 Å². The number of benzene rings is 2. The van der Waals surface area contributed by atoms with Crippen LogP contribution in [0.1, 0.15) is 5.56 Å². The molecule has 2 heterocycles. The summed E-state index contributed by atoms with van der Waals surface area (Å²) in [5, 5.41) is 22.5. The molecule has 0 saturated heterocycles. The number of nitrogens with zero attached hydrogens (tertiary/aromatic N) is 6. The fourth-order valence-corrected chi connectivity index (χ4v) is 2.38. The van der Waals surface area contributed by atoms with Crippen molar-refractivity contribution >= 4 is 0 Å². The highest BCUT2D eigenvalue weighted by atomic mass is 15.5. The Bertz CT molecular complexity index is 897. The van der Waals surface area contributed by atoms with Crippen LogP contribution in [0.2, 0.25) is 0 Å². The van der Waals surface area contributed by atoms with Gasteiger partial charge in [-0.2, -0.15) is 5.21 Å². The Morgan fingerprint density at radius 2 is 1.78 bits per heavy atom. The standard InChI is InChI=1S/C16H13N7/c1-2-5-12(6-3-1)10-23-11-15(17-22-23)13-7-4-8-14(9-13)16-18-20-21-19-16/h1-9,11H,10H2,(H,18,19,20,21). The van der Waals surface area contributed by atoms with E-state index in [1.165, 1.54) is 5.56 Å². The van der Waals surface area contributed by atoms with E-state index in [0.29, 0.717) is 12.4 Å². The van der Waals surface area contributed by atoms with E-state index in [4.69, 9.17) is 0 Å². The van der Waals surface area contributed by atoms with Crippen LogP contribution in [-0.4, -0.2) is 35.6 Å². The second-order valence-corrected chi connectivity index (χ2v) is 5.10. The van der Waals surface area contributed by atoms with Gasteiger partial charge in [0, 0.05) is 11.1 Å². The highest BCUT2D eigenvalue weighted by Gasteiger charge is 2.08. The minimum Gasteiger partial charge on any atom is -0.247 e. The topological polar surface area (TPSA) is 85.2 Å². The molecule has 7 nitrogen and oxygen atoms in total. The third-order valence-electron chi connectivity index (χ3n) is 3.49. The third kappa shape index (κ3) is 2.84. The van der Waals surface area contributed by atoms with Crippen molar-refractivity contribution in [1.82, 2.24) is 35.6 Å². The van der Waals surface area contributed by atoms with Crippen molar-refractivity contribution in [3.05, 3.63) is 66.4 Å². The van der Waals surface area contributed by atoms with E-state index in [0.717, 1.165) is 16.8 Å². The summed E-state index contributed by atoms with van der Waals surface area (Å²) in [6.45, 7) is 0.693. The summed E-state index contributed by atoms with van der Waals surface area (Å²) >= 11 is 0. The first kappa shape index (κ1) is 13.3. The van der Waals surface area contributed by atoms with Crippen molar-refractivity contribution in [2.45, 2.75) is 6.54 Å². The molecule has 0 saturated carbocycles. The minimum absolute atomic E-state index is 0.559. The van der Waals surface area contributed by atoms with Gasteiger partial charge in [-0.1, -0.05) is 53.7 Å². The summed E-state index contributed by atoms with van der Waals surface area (Å²) in [6, 6.07) is 18.0. The smallest absolute Gasteiger partial charge is 0.204 e. The van der Waals surface area contributed by atoms with Crippen molar-refractivity contribution in [1.29, 1.82) is 0 Å². The number of aromatic amines is 1. The van der Waals surface area contributed by atoms with E-state index < -0.39 is 0 Å². The molecular formula is C16H13N7. The molecule has 0 fully saturated rings. The predicted octanol–water partition coefficient (Wildman–Crippen LogP) is 2.17. The van der Waals surface area contributed by atoms with Gasteiger partial charge in [-0.15, -0.1) is 15.3 Å². The van der Waals surface area contributed by atoms with Crippen LogP contribution < -0.4 is 0 Å². The van der Waals surface area contributed by atoms with Gasteiger partial charge in [-0.3, -0.25) is 0 Å². The zero-order valence-corrected chi connectivity index (χ0v) is 12.2. The van der Waals surface area contributed by atoms with Crippen molar-refractivity contribution < 1.29 is 0 Å². The Morgan fingerprint density at radius 3 is 2.61 bits per heavy atom. The van der Waals surface area contributed by atoms with E-state index in [9.17, 15) is 0 Å². The lowest BCUT2D eigenvalue weighted by Gasteiger charge is -2.00. The maximum absolute atomic E-state index is 4.25. The van der Waals surface area contributed by atoms with Crippen LogP contribution in [0.3, 0.4) is 0 Å². The molecule has 4 aromatic rings. The monoisotopic (exact) mass is 303 g/mol. The van der Waals surface area contributed by atoms with Gasteiger partial charge in [0.2, 0.25) is 5.82 Å². The van der Waals surface area contributed by atoms with Gasteiger partial charge in [-0.25, -0.2) is 4.68 Å². The quantitative estimate of drug-likeness (QED) is 0.624. The SMILES string of the molecule is c1ccc(Cn2cc(-c3cccc(-c4nn[nH]n4)c3)nn2)cc1. The molecule has 2 aromatic carbocycles. The molecule has 0 unspecified atom stereocenters. The molecule has 0 aliphatic carbocycles. The summed E-state index contributed by atoms with van der Waals surface area (Å²) in [5.74, 6) is 0.559. The Kier molecular flexibility index (Phi) is 3.36. The summed E-state index contributed by atoms with van der Waals surface area (Å²) in [5.41, 5.74) is 3.84. The highest BCUT2D eigenvalue weighted by molar-refractivity contribution is 5.66. The van der Waals surface area contributed by atoms with Crippen LogP contribution in [0, 0.1) is 0 Å². The molecule has 4 rings (SSSR count). The maximum atomic E-state index is 4.25. The Labute approximate surface area is 132 Å². The summed E-state index contributed by atoms with van der Waals surface area (Å²) in [6.07, 6.45) is 1.93. The van der Waals surface area contributed by atoms with Crippen LogP contribution in [0.4, 0.5) is 0 Å².